The third-order valence-electron chi connectivity index (χ3n) is 4.79. The number of amides is 2. The van der Waals surface area contributed by atoms with Crippen molar-refractivity contribution in [3.05, 3.63) is 53.3 Å². The number of nitrogens with zero attached hydrogens (tertiary/aromatic N) is 3. The van der Waals surface area contributed by atoms with Crippen LogP contribution in [0.4, 0.5) is 11.4 Å². The summed E-state index contributed by atoms with van der Waals surface area (Å²) < 4.78 is 0. The molecule has 27 heavy (non-hydrogen) atoms. The van der Waals surface area contributed by atoms with Crippen molar-refractivity contribution < 1.29 is 9.59 Å². The number of halogens is 1. The van der Waals surface area contributed by atoms with Gasteiger partial charge in [-0.1, -0.05) is 17.7 Å². The Kier molecular flexibility index (Phi) is 4.80. The fourth-order valence-electron chi connectivity index (χ4n) is 3.47. The molecule has 2 aliphatic rings. The average Bonchev–Trinajstić information content (AvgIpc) is 2.94. The Balaban J connectivity index is 1.56. The SMILES string of the molecule is O=C(Nc1ccc(N2C(=O)C3CCCCN3C2=S)c(Cl)c1)c1ccccn1. The van der Waals surface area contributed by atoms with E-state index in [2.05, 4.69) is 10.3 Å². The molecule has 138 valence electrons. The molecule has 6 nitrogen and oxygen atoms in total. The molecule has 0 bridgehead atoms. The molecule has 1 aromatic carbocycles. The summed E-state index contributed by atoms with van der Waals surface area (Å²) in [6, 6.07) is 9.95. The fraction of sp³-hybridized carbons (Fsp3) is 0.263. The van der Waals surface area contributed by atoms with Crippen LogP contribution in [-0.4, -0.2) is 39.4 Å². The van der Waals surface area contributed by atoms with Gasteiger partial charge in [-0.3, -0.25) is 19.5 Å². The first-order valence-corrected chi connectivity index (χ1v) is 9.51. The lowest BCUT2D eigenvalue weighted by Crippen LogP contribution is -2.38. The van der Waals surface area contributed by atoms with Gasteiger partial charge in [0.1, 0.15) is 11.7 Å². The summed E-state index contributed by atoms with van der Waals surface area (Å²) in [5.74, 6) is -0.365. The molecule has 1 N–H and O–H groups in total. The molecule has 1 unspecified atom stereocenters. The molecular weight excluding hydrogens is 384 g/mol. The summed E-state index contributed by atoms with van der Waals surface area (Å²) in [6.45, 7) is 0.793. The first-order chi connectivity index (χ1) is 13.1. The zero-order valence-electron chi connectivity index (χ0n) is 14.4. The Morgan fingerprint density at radius 2 is 2.11 bits per heavy atom. The van der Waals surface area contributed by atoms with E-state index in [0.29, 0.717) is 27.2 Å². The standard InChI is InChI=1S/C19H17ClN4O2S/c20-13-11-12(22-17(25)14-5-1-3-9-21-14)7-8-15(13)24-18(26)16-6-2-4-10-23(16)19(24)27/h1,3,5,7-9,11,16H,2,4,6,10H2,(H,22,25). The molecular formula is C19H17ClN4O2S. The number of thiocarbonyl (C=S) groups is 1. The summed E-state index contributed by atoms with van der Waals surface area (Å²) >= 11 is 11.9. The second-order valence-corrected chi connectivity index (χ2v) is 7.27. The molecule has 0 radical (unpaired) electrons. The maximum Gasteiger partial charge on any atom is 0.274 e. The number of anilines is 2. The number of piperidine rings is 1. The molecule has 4 rings (SSSR count). The van der Waals surface area contributed by atoms with E-state index in [1.165, 1.54) is 4.90 Å². The number of nitrogens with one attached hydrogen (secondary N) is 1. The largest absolute Gasteiger partial charge is 0.336 e. The van der Waals surface area contributed by atoms with Gasteiger partial charge in [0.2, 0.25) is 0 Å². The number of carbonyl (C=O) groups excluding carboxylic acids is 2. The Morgan fingerprint density at radius 1 is 1.26 bits per heavy atom. The van der Waals surface area contributed by atoms with Crippen molar-refractivity contribution in [2.75, 3.05) is 16.8 Å². The zero-order valence-corrected chi connectivity index (χ0v) is 16.0. The smallest absolute Gasteiger partial charge is 0.274 e. The van der Waals surface area contributed by atoms with Crippen molar-refractivity contribution in [2.24, 2.45) is 0 Å². The molecule has 8 heteroatoms. The van der Waals surface area contributed by atoms with Crippen LogP contribution in [0, 0.1) is 0 Å². The molecule has 2 amide bonds. The van der Waals surface area contributed by atoms with Crippen LogP contribution >= 0.6 is 23.8 Å². The Morgan fingerprint density at radius 3 is 2.81 bits per heavy atom. The zero-order chi connectivity index (χ0) is 19.0. The predicted octanol–water partition coefficient (Wildman–Crippen LogP) is 3.47. The van der Waals surface area contributed by atoms with Crippen LogP contribution in [0.3, 0.4) is 0 Å². The summed E-state index contributed by atoms with van der Waals surface area (Å²) in [5, 5.41) is 3.60. The van der Waals surface area contributed by atoms with Crippen molar-refractivity contribution in [2.45, 2.75) is 25.3 Å². The highest BCUT2D eigenvalue weighted by Gasteiger charge is 2.44. The summed E-state index contributed by atoms with van der Waals surface area (Å²) in [7, 11) is 0. The van der Waals surface area contributed by atoms with Crippen molar-refractivity contribution in [3.8, 4) is 0 Å². The van der Waals surface area contributed by atoms with Crippen LogP contribution in [0.25, 0.3) is 0 Å². The maximum atomic E-state index is 12.8. The van der Waals surface area contributed by atoms with Gasteiger partial charge < -0.3 is 10.2 Å². The monoisotopic (exact) mass is 400 g/mol. The molecule has 0 aliphatic carbocycles. The van der Waals surface area contributed by atoms with Crippen LogP contribution in [-0.2, 0) is 4.79 Å². The van der Waals surface area contributed by atoms with Gasteiger partial charge in [-0.15, -0.1) is 0 Å². The minimum Gasteiger partial charge on any atom is -0.336 e. The topological polar surface area (TPSA) is 65.5 Å². The normalized spacial score (nSPS) is 19.2. The van der Waals surface area contributed by atoms with Gasteiger partial charge >= 0.3 is 0 Å². The quantitative estimate of drug-likeness (QED) is 0.799. The van der Waals surface area contributed by atoms with E-state index in [1.54, 1.807) is 42.6 Å². The third-order valence-corrected chi connectivity index (χ3v) is 5.51. The summed E-state index contributed by atoms with van der Waals surface area (Å²) in [5.41, 5.74) is 1.37. The van der Waals surface area contributed by atoms with Crippen LogP contribution in [0.2, 0.25) is 5.02 Å². The Labute approximate surface area is 167 Å². The van der Waals surface area contributed by atoms with Crippen molar-refractivity contribution in [1.82, 2.24) is 9.88 Å². The average molecular weight is 401 g/mol. The molecule has 2 aromatic rings. The van der Waals surface area contributed by atoms with Gasteiger partial charge in [0.15, 0.2) is 5.11 Å². The first kappa shape index (κ1) is 17.9. The van der Waals surface area contributed by atoms with Gasteiger partial charge in [0.25, 0.3) is 11.8 Å². The number of carbonyl (C=O) groups is 2. The Hall–Kier alpha value is -2.51. The second kappa shape index (κ2) is 7.25. The second-order valence-electron chi connectivity index (χ2n) is 6.50. The van der Waals surface area contributed by atoms with E-state index in [9.17, 15) is 9.59 Å². The van der Waals surface area contributed by atoms with Gasteiger partial charge in [-0.05, 0) is 61.8 Å². The lowest BCUT2D eigenvalue weighted by Gasteiger charge is -2.28. The molecule has 1 aromatic heterocycles. The maximum absolute atomic E-state index is 12.8. The predicted molar refractivity (Wildman–Crippen MR) is 108 cm³/mol. The Bertz CT molecular complexity index is 897. The molecule has 3 heterocycles. The van der Waals surface area contributed by atoms with E-state index >= 15 is 0 Å². The van der Waals surface area contributed by atoms with E-state index in [0.717, 1.165) is 25.8 Å². The van der Waals surface area contributed by atoms with Crippen molar-refractivity contribution in [1.29, 1.82) is 0 Å². The highest BCUT2D eigenvalue weighted by molar-refractivity contribution is 7.80. The van der Waals surface area contributed by atoms with Gasteiger partial charge in [0, 0.05) is 18.4 Å². The first-order valence-electron chi connectivity index (χ1n) is 8.73. The lowest BCUT2D eigenvalue weighted by atomic mass is 10.0. The third kappa shape index (κ3) is 3.28. The number of fused-ring (bicyclic) bond motifs is 1. The van der Waals surface area contributed by atoms with E-state index < -0.39 is 0 Å². The van der Waals surface area contributed by atoms with E-state index in [4.69, 9.17) is 23.8 Å². The van der Waals surface area contributed by atoms with Crippen LogP contribution in [0.1, 0.15) is 29.8 Å². The van der Waals surface area contributed by atoms with Gasteiger partial charge in [-0.2, -0.15) is 0 Å². The van der Waals surface area contributed by atoms with Crippen LogP contribution < -0.4 is 10.2 Å². The number of aromatic nitrogens is 1. The molecule has 2 fully saturated rings. The van der Waals surface area contributed by atoms with E-state index in [-0.39, 0.29) is 17.9 Å². The summed E-state index contributed by atoms with van der Waals surface area (Å²) in [4.78, 5) is 32.6. The van der Waals surface area contributed by atoms with Crippen molar-refractivity contribution in [3.63, 3.8) is 0 Å². The number of hydrogen-bond acceptors (Lipinski definition) is 4. The van der Waals surface area contributed by atoms with Gasteiger partial charge in [-0.25, -0.2) is 0 Å². The highest BCUT2D eigenvalue weighted by Crippen LogP contribution is 2.36. The minimum atomic E-state index is -0.329. The number of benzene rings is 1. The molecule has 0 spiro atoms. The number of pyridine rings is 1. The fourth-order valence-corrected chi connectivity index (χ4v) is 4.14. The minimum absolute atomic E-state index is 0.0353. The van der Waals surface area contributed by atoms with Gasteiger partial charge in [0.05, 0.1) is 10.7 Å². The number of hydrogen-bond donors (Lipinski definition) is 1. The molecule has 2 saturated heterocycles. The molecule has 1 atom stereocenters. The molecule has 0 saturated carbocycles. The highest BCUT2D eigenvalue weighted by atomic mass is 35.5. The van der Waals surface area contributed by atoms with Crippen LogP contribution in [0.15, 0.2) is 42.6 Å². The van der Waals surface area contributed by atoms with Crippen molar-refractivity contribution >= 4 is 52.1 Å². The number of rotatable bonds is 3. The van der Waals surface area contributed by atoms with E-state index in [1.807, 2.05) is 4.90 Å². The lowest BCUT2D eigenvalue weighted by molar-refractivity contribution is -0.120. The summed E-state index contributed by atoms with van der Waals surface area (Å²) in [6.07, 6.45) is 4.42. The van der Waals surface area contributed by atoms with Crippen LogP contribution in [0.5, 0.6) is 0 Å². The molecule has 2 aliphatic heterocycles.